The third-order valence-electron chi connectivity index (χ3n) is 3.66. The molecule has 0 radical (unpaired) electrons. The van der Waals surface area contributed by atoms with Gasteiger partial charge in [0.25, 0.3) is 0 Å². The van der Waals surface area contributed by atoms with Crippen molar-refractivity contribution in [1.29, 1.82) is 0 Å². The average molecular weight is 459 g/mol. The zero-order valence-electron chi connectivity index (χ0n) is 16.0. The van der Waals surface area contributed by atoms with Gasteiger partial charge in [-0.15, -0.1) is 10.2 Å². The van der Waals surface area contributed by atoms with Gasteiger partial charge in [-0.05, 0) is 25.5 Å². The molecule has 1 aromatic heterocycles. The molecule has 0 aliphatic heterocycles. The maximum absolute atomic E-state index is 11.6. The predicted octanol–water partition coefficient (Wildman–Crippen LogP) is 3.11. The fourth-order valence-electron chi connectivity index (χ4n) is 2.37. The third-order valence-corrected chi connectivity index (χ3v) is 6.98. The van der Waals surface area contributed by atoms with E-state index in [1.54, 1.807) is 6.07 Å². The summed E-state index contributed by atoms with van der Waals surface area (Å²) in [7, 11) is 0. The van der Waals surface area contributed by atoms with Crippen LogP contribution >= 0.6 is 34.9 Å². The fraction of sp³-hybridized carbons (Fsp3) is 0.444. The summed E-state index contributed by atoms with van der Waals surface area (Å²) in [5.41, 5.74) is 0.814. The molecule has 1 atom stereocenters. The molecule has 0 saturated carbocycles. The van der Waals surface area contributed by atoms with E-state index in [4.69, 9.17) is 9.84 Å². The number of benzene rings is 1. The Hall–Kier alpha value is -1.82. The zero-order chi connectivity index (χ0) is 21.4. The number of carboxylic acids is 1. The smallest absolute Gasteiger partial charge is 0.313 e. The van der Waals surface area contributed by atoms with Crippen molar-refractivity contribution in [3.8, 4) is 11.5 Å². The molecule has 0 fully saturated rings. The van der Waals surface area contributed by atoms with Crippen molar-refractivity contribution >= 4 is 46.6 Å². The van der Waals surface area contributed by atoms with Crippen molar-refractivity contribution in [2.24, 2.45) is 0 Å². The molecule has 0 saturated heterocycles. The highest BCUT2D eigenvalue weighted by molar-refractivity contribution is 8.03. The van der Waals surface area contributed by atoms with E-state index in [1.807, 2.05) is 6.92 Å². The summed E-state index contributed by atoms with van der Waals surface area (Å²) in [5, 5.41) is 37.1. The first-order valence-electron chi connectivity index (χ1n) is 8.79. The van der Waals surface area contributed by atoms with Crippen LogP contribution in [0.2, 0.25) is 0 Å². The van der Waals surface area contributed by atoms with Crippen LogP contribution in [-0.4, -0.2) is 61.5 Å². The number of carbonyl (C=O) groups excluding carboxylic acids is 1. The lowest BCUT2D eigenvalue weighted by Crippen LogP contribution is -2.20. The maximum Gasteiger partial charge on any atom is 0.313 e. The number of aliphatic carboxylic acids is 1. The molecule has 8 nitrogen and oxygen atoms in total. The van der Waals surface area contributed by atoms with Crippen LogP contribution in [0.5, 0.6) is 11.5 Å². The molecule has 2 rings (SSSR count). The number of thioether (sulfide) groups is 2. The van der Waals surface area contributed by atoms with Crippen LogP contribution in [0.4, 0.5) is 0 Å². The number of hydrogen-bond acceptors (Lipinski definition) is 10. The molecule has 2 aromatic rings. The first kappa shape index (κ1) is 23.5. The van der Waals surface area contributed by atoms with E-state index in [9.17, 15) is 19.8 Å². The molecule has 158 valence electrons. The minimum atomic E-state index is -0.920. The maximum atomic E-state index is 11.6. The molecule has 0 spiro atoms. The fourth-order valence-corrected chi connectivity index (χ4v) is 5.04. The van der Waals surface area contributed by atoms with Crippen LogP contribution in [0.1, 0.15) is 36.2 Å². The first-order chi connectivity index (χ1) is 13.8. The molecular formula is C18H22N2O6S3. The average Bonchev–Trinajstić information content (AvgIpc) is 3.13. The molecule has 1 heterocycles. The van der Waals surface area contributed by atoms with Crippen molar-refractivity contribution in [1.82, 2.24) is 10.2 Å². The van der Waals surface area contributed by atoms with Gasteiger partial charge in [-0.25, -0.2) is 0 Å². The van der Waals surface area contributed by atoms with Crippen molar-refractivity contribution in [3.05, 3.63) is 23.3 Å². The third kappa shape index (κ3) is 7.18. The van der Waals surface area contributed by atoms with Crippen molar-refractivity contribution in [2.75, 3.05) is 18.1 Å². The molecule has 11 heteroatoms. The van der Waals surface area contributed by atoms with Gasteiger partial charge in [-0.1, -0.05) is 48.2 Å². The summed E-state index contributed by atoms with van der Waals surface area (Å²) in [5.74, 6) is -0.524. The number of phenolic OH excluding ortho intramolecular Hbond substituents is 1. The van der Waals surface area contributed by atoms with Gasteiger partial charge in [-0.3, -0.25) is 9.59 Å². The van der Waals surface area contributed by atoms with Crippen molar-refractivity contribution in [2.45, 2.75) is 41.5 Å². The Morgan fingerprint density at radius 1 is 1.24 bits per heavy atom. The summed E-state index contributed by atoms with van der Waals surface area (Å²) >= 11 is 3.67. The van der Waals surface area contributed by atoms with E-state index in [-0.39, 0.29) is 29.5 Å². The van der Waals surface area contributed by atoms with E-state index in [1.165, 1.54) is 36.1 Å². The number of ether oxygens (including phenoxy) is 1. The number of rotatable bonds is 12. The van der Waals surface area contributed by atoms with E-state index in [2.05, 4.69) is 10.2 Å². The molecule has 0 aliphatic carbocycles. The van der Waals surface area contributed by atoms with Crippen LogP contribution in [0.15, 0.2) is 20.8 Å². The molecule has 0 amide bonds. The lowest BCUT2D eigenvalue weighted by atomic mass is 10.0. The zero-order valence-corrected chi connectivity index (χ0v) is 18.4. The van der Waals surface area contributed by atoms with Gasteiger partial charge < -0.3 is 20.1 Å². The second kappa shape index (κ2) is 11.4. The highest BCUT2D eigenvalue weighted by Gasteiger charge is 2.17. The first-order valence-corrected chi connectivity index (χ1v) is 11.6. The van der Waals surface area contributed by atoms with Crippen molar-refractivity contribution in [3.63, 3.8) is 0 Å². The normalized spacial score (nSPS) is 12.0. The van der Waals surface area contributed by atoms with E-state index in [0.717, 1.165) is 18.2 Å². The van der Waals surface area contributed by atoms with Crippen LogP contribution in [0, 0.1) is 0 Å². The van der Waals surface area contributed by atoms with E-state index >= 15 is 0 Å². The number of aromatic nitrogens is 2. The molecule has 1 unspecified atom stereocenters. The SMILES string of the molecule is CCCc1c(OCC(O)CSc2nnc(SCC(=O)O)s2)ccc(C(C)=O)c1O. The number of aromatic hydroxyl groups is 1. The number of ketones is 1. The van der Waals surface area contributed by atoms with Gasteiger partial charge in [-0.2, -0.15) is 0 Å². The minimum Gasteiger partial charge on any atom is -0.507 e. The molecule has 3 N–H and O–H groups in total. The number of hydrogen-bond donors (Lipinski definition) is 3. The monoisotopic (exact) mass is 458 g/mol. The van der Waals surface area contributed by atoms with Gasteiger partial charge in [0, 0.05) is 11.3 Å². The lowest BCUT2D eigenvalue weighted by molar-refractivity contribution is -0.133. The van der Waals surface area contributed by atoms with Gasteiger partial charge in [0.05, 0.1) is 17.4 Å². The topological polar surface area (TPSA) is 130 Å². The Morgan fingerprint density at radius 3 is 2.55 bits per heavy atom. The van der Waals surface area contributed by atoms with Gasteiger partial charge in [0.15, 0.2) is 14.5 Å². The van der Waals surface area contributed by atoms with Gasteiger partial charge >= 0.3 is 5.97 Å². The minimum absolute atomic E-state index is 0.0159. The number of nitrogens with zero attached hydrogens (tertiary/aromatic N) is 2. The number of aliphatic hydroxyl groups is 1. The van der Waals surface area contributed by atoms with Gasteiger partial charge in [0.2, 0.25) is 0 Å². The highest BCUT2D eigenvalue weighted by Crippen LogP contribution is 2.33. The molecule has 1 aromatic carbocycles. The number of carboxylic acid groups (broad SMARTS) is 1. The standard InChI is InChI=1S/C18H22N2O6S3/c1-3-4-13-14(6-5-12(10(2)21)16(13)25)26-7-11(22)8-27-17-19-20-18(29-17)28-9-15(23)24/h5-6,11,22,25H,3-4,7-9H2,1-2H3,(H,23,24). The highest BCUT2D eigenvalue weighted by atomic mass is 32.2. The number of phenols is 1. The van der Waals surface area contributed by atoms with E-state index in [0.29, 0.717) is 32.2 Å². The Bertz CT molecular complexity index is 858. The molecule has 0 aliphatic rings. The second-order valence-electron chi connectivity index (χ2n) is 6.04. The molecular weight excluding hydrogens is 436 g/mol. The quantitative estimate of drug-likeness (QED) is 0.322. The Morgan fingerprint density at radius 2 is 1.93 bits per heavy atom. The summed E-state index contributed by atoms with van der Waals surface area (Å²) < 4.78 is 6.88. The van der Waals surface area contributed by atoms with Crippen LogP contribution < -0.4 is 4.74 Å². The molecule has 0 bridgehead atoms. The van der Waals surface area contributed by atoms with Gasteiger partial charge in [0.1, 0.15) is 18.1 Å². The largest absolute Gasteiger partial charge is 0.507 e. The molecule has 29 heavy (non-hydrogen) atoms. The Labute approximate surface area is 180 Å². The lowest BCUT2D eigenvalue weighted by Gasteiger charge is -2.16. The Balaban J connectivity index is 1.90. The predicted molar refractivity (Wildman–Crippen MR) is 113 cm³/mol. The Kier molecular flexibility index (Phi) is 9.21. The van der Waals surface area contributed by atoms with Crippen molar-refractivity contribution < 1.29 is 29.6 Å². The number of carbonyl (C=O) groups is 2. The number of Topliss-reactive ketones (excluding diaryl/α,β-unsaturated/α-hetero) is 1. The second-order valence-corrected chi connectivity index (χ2v) is 9.50. The van der Waals surface area contributed by atoms with Crippen LogP contribution in [0.25, 0.3) is 0 Å². The summed E-state index contributed by atoms with van der Waals surface area (Å²) in [4.78, 5) is 22.2. The summed E-state index contributed by atoms with van der Waals surface area (Å²) in [6.07, 6.45) is 0.528. The number of aliphatic hydroxyl groups excluding tert-OH is 1. The van der Waals surface area contributed by atoms with Crippen LogP contribution in [0.3, 0.4) is 0 Å². The summed E-state index contributed by atoms with van der Waals surface area (Å²) in [6.45, 7) is 3.37. The summed E-state index contributed by atoms with van der Waals surface area (Å²) in [6, 6.07) is 3.16. The van der Waals surface area contributed by atoms with Crippen LogP contribution in [-0.2, 0) is 11.2 Å². The van der Waals surface area contributed by atoms with E-state index < -0.39 is 12.1 Å².